The Bertz CT molecular complexity index is 981. The summed E-state index contributed by atoms with van der Waals surface area (Å²) in [7, 11) is 0. The van der Waals surface area contributed by atoms with Gasteiger partial charge >= 0.3 is 0 Å². The maximum Gasteiger partial charge on any atom is 0.226 e. The Hall–Kier alpha value is -2.43. The third-order valence-corrected chi connectivity index (χ3v) is 5.58. The third kappa shape index (κ3) is 3.09. The predicted molar refractivity (Wildman–Crippen MR) is 108 cm³/mol. The molecule has 0 spiro atoms. The lowest BCUT2D eigenvalue weighted by atomic mass is 9.87. The first kappa shape index (κ1) is 16.7. The van der Waals surface area contributed by atoms with Crippen LogP contribution in [-0.2, 0) is 17.6 Å². The molecule has 1 aromatic heterocycles. The van der Waals surface area contributed by atoms with Crippen LogP contribution in [-0.4, -0.2) is 36.3 Å². The number of ether oxygens (including phenoxy) is 1. The number of fused-ring (bicyclic) bond motifs is 3. The zero-order chi connectivity index (χ0) is 18.2. The van der Waals surface area contributed by atoms with Crippen molar-refractivity contribution in [1.82, 2.24) is 9.97 Å². The van der Waals surface area contributed by atoms with Gasteiger partial charge in [-0.2, -0.15) is 0 Å². The number of hydrogen-bond donors (Lipinski definition) is 0. The van der Waals surface area contributed by atoms with Crippen LogP contribution in [0.1, 0.15) is 11.1 Å². The highest BCUT2D eigenvalue weighted by molar-refractivity contribution is 6.30. The van der Waals surface area contributed by atoms with Gasteiger partial charge in [0.2, 0.25) is 5.95 Å². The summed E-state index contributed by atoms with van der Waals surface area (Å²) in [6, 6.07) is 16.5. The lowest BCUT2D eigenvalue weighted by molar-refractivity contribution is 0.122. The van der Waals surface area contributed by atoms with Gasteiger partial charge in [0.1, 0.15) is 0 Å². The van der Waals surface area contributed by atoms with Crippen LogP contribution in [0, 0.1) is 0 Å². The van der Waals surface area contributed by atoms with Crippen molar-refractivity contribution in [3.8, 4) is 22.5 Å². The number of benzene rings is 2. The van der Waals surface area contributed by atoms with Crippen LogP contribution in [0.3, 0.4) is 0 Å². The summed E-state index contributed by atoms with van der Waals surface area (Å²) < 4.78 is 5.51. The monoisotopic (exact) mass is 377 g/mol. The fourth-order valence-corrected chi connectivity index (χ4v) is 4.04. The molecule has 1 aliphatic carbocycles. The Balaban J connectivity index is 1.71. The average molecular weight is 378 g/mol. The van der Waals surface area contributed by atoms with Crippen LogP contribution in [0.4, 0.5) is 5.95 Å². The highest BCUT2D eigenvalue weighted by atomic mass is 35.5. The van der Waals surface area contributed by atoms with E-state index in [0.29, 0.717) is 13.2 Å². The number of morpholine rings is 1. The van der Waals surface area contributed by atoms with Crippen LogP contribution < -0.4 is 4.90 Å². The van der Waals surface area contributed by atoms with Crippen molar-refractivity contribution in [2.45, 2.75) is 12.8 Å². The SMILES string of the molecule is Clc1ccc(-c2nc(N3CCOCC3)nc3c2CCc2ccccc2-3)cc1. The largest absolute Gasteiger partial charge is 0.378 e. The van der Waals surface area contributed by atoms with E-state index in [0.717, 1.165) is 53.9 Å². The summed E-state index contributed by atoms with van der Waals surface area (Å²) in [5.74, 6) is 0.790. The van der Waals surface area contributed by atoms with E-state index in [1.807, 2.05) is 12.1 Å². The maximum atomic E-state index is 6.11. The molecular formula is C22H20ClN3O. The summed E-state index contributed by atoms with van der Waals surface area (Å²) >= 11 is 6.11. The molecular weight excluding hydrogens is 358 g/mol. The molecule has 0 bridgehead atoms. The molecule has 0 unspecified atom stereocenters. The summed E-state index contributed by atoms with van der Waals surface area (Å²) in [5, 5.41) is 0.737. The molecule has 5 rings (SSSR count). The van der Waals surface area contributed by atoms with Crippen LogP contribution in [0.15, 0.2) is 48.5 Å². The quantitative estimate of drug-likeness (QED) is 0.663. The van der Waals surface area contributed by atoms with Crippen molar-refractivity contribution in [3.63, 3.8) is 0 Å². The topological polar surface area (TPSA) is 38.2 Å². The van der Waals surface area contributed by atoms with Gasteiger partial charge < -0.3 is 9.64 Å². The molecule has 5 heteroatoms. The van der Waals surface area contributed by atoms with Gasteiger partial charge in [-0.3, -0.25) is 0 Å². The van der Waals surface area contributed by atoms with Crippen LogP contribution in [0.25, 0.3) is 22.5 Å². The van der Waals surface area contributed by atoms with E-state index in [-0.39, 0.29) is 0 Å². The maximum absolute atomic E-state index is 6.11. The molecule has 0 N–H and O–H groups in total. The van der Waals surface area contributed by atoms with E-state index >= 15 is 0 Å². The van der Waals surface area contributed by atoms with Gasteiger partial charge in [0.25, 0.3) is 0 Å². The second kappa shape index (κ2) is 6.95. The molecule has 4 nitrogen and oxygen atoms in total. The Morgan fingerprint density at radius 3 is 2.41 bits per heavy atom. The van der Waals surface area contributed by atoms with E-state index < -0.39 is 0 Å². The highest BCUT2D eigenvalue weighted by Gasteiger charge is 2.25. The fourth-order valence-electron chi connectivity index (χ4n) is 3.91. The van der Waals surface area contributed by atoms with Crippen molar-refractivity contribution >= 4 is 17.5 Å². The van der Waals surface area contributed by atoms with Gasteiger partial charge in [-0.25, -0.2) is 9.97 Å². The smallest absolute Gasteiger partial charge is 0.226 e. The van der Waals surface area contributed by atoms with E-state index in [4.69, 9.17) is 26.3 Å². The molecule has 27 heavy (non-hydrogen) atoms. The van der Waals surface area contributed by atoms with Gasteiger partial charge in [0.15, 0.2) is 0 Å². The first-order valence-corrected chi connectivity index (χ1v) is 9.75. The second-order valence-electron chi connectivity index (χ2n) is 6.96. The van der Waals surface area contributed by atoms with Crippen molar-refractivity contribution in [1.29, 1.82) is 0 Å². The van der Waals surface area contributed by atoms with E-state index in [1.165, 1.54) is 16.7 Å². The van der Waals surface area contributed by atoms with E-state index in [2.05, 4.69) is 41.3 Å². The molecule has 1 aliphatic heterocycles. The number of anilines is 1. The van der Waals surface area contributed by atoms with E-state index in [9.17, 15) is 0 Å². The van der Waals surface area contributed by atoms with Gasteiger partial charge in [0.05, 0.1) is 24.6 Å². The number of aryl methyl sites for hydroxylation is 1. The number of hydrogen-bond acceptors (Lipinski definition) is 4. The van der Waals surface area contributed by atoms with Crippen molar-refractivity contribution in [3.05, 3.63) is 64.7 Å². The van der Waals surface area contributed by atoms with Crippen molar-refractivity contribution in [2.24, 2.45) is 0 Å². The number of aromatic nitrogens is 2. The van der Waals surface area contributed by atoms with Crippen LogP contribution in [0.2, 0.25) is 5.02 Å². The number of rotatable bonds is 2. The normalized spacial score (nSPS) is 16.0. The lowest BCUT2D eigenvalue weighted by Crippen LogP contribution is -2.37. The first-order valence-electron chi connectivity index (χ1n) is 9.37. The molecule has 0 saturated carbocycles. The van der Waals surface area contributed by atoms with Gasteiger partial charge in [-0.1, -0.05) is 48.0 Å². The standard InChI is InChI=1S/C22H20ClN3O/c23-17-8-5-16(6-9-17)20-19-10-7-15-3-1-2-4-18(15)21(19)25-22(24-20)26-11-13-27-14-12-26/h1-6,8-9H,7,10-14H2. The van der Waals surface area contributed by atoms with Crippen LogP contribution >= 0.6 is 11.6 Å². The molecule has 3 aromatic rings. The Morgan fingerprint density at radius 2 is 1.59 bits per heavy atom. The molecule has 2 aromatic carbocycles. The summed E-state index contributed by atoms with van der Waals surface area (Å²) in [5.41, 5.74) is 7.00. The first-order chi connectivity index (χ1) is 13.3. The molecule has 1 saturated heterocycles. The molecule has 136 valence electrons. The summed E-state index contributed by atoms with van der Waals surface area (Å²) in [6.07, 6.45) is 1.97. The lowest BCUT2D eigenvalue weighted by Gasteiger charge is -2.29. The Morgan fingerprint density at radius 1 is 0.852 bits per heavy atom. The molecule has 2 aliphatic rings. The van der Waals surface area contributed by atoms with E-state index in [1.54, 1.807) is 0 Å². The molecule has 0 atom stereocenters. The van der Waals surface area contributed by atoms with Gasteiger partial charge in [-0.15, -0.1) is 0 Å². The highest BCUT2D eigenvalue weighted by Crippen LogP contribution is 2.38. The zero-order valence-corrected chi connectivity index (χ0v) is 15.7. The third-order valence-electron chi connectivity index (χ3n) is 5.32. The molecule has 0 radical (unpaired) electrons. The van der Waals surface area contributed by atoms with Crippen molar-refractivity contribution in [2.75, 3.05) is 31.2 Å². The Kier molecular flexibility index (Phi) is 4.30. The summed E-state index contributed by atoms with van der Waals surface area (Å²) in [6.45, 7) is 3.07. The van der Waals surface area contributed by atoms with Gasteiger partial charge in [-0.05, 0) is 30.5 Å². The molecule has 0 amide bonds. The van der Waals surface area contributed by atoms with Crippen molar-refractivity contribution < 1.29 is 4.74 Å². The number of nitrogens with zero attached hydrogens (tertiary/aromatic N) is 3. The number of halogens is 1. The zero-order valence-electron chi connectivity index (χ0n) is 15.0. The fraction of sp³-hybridized carbons (Fsp3) is 0.273. The van der Waals surface area contributed by atoms with Gasteiger partial charge in [0, 0.05) is 34.8 Å². The average Bonchev–Trinajstić information content (AvgIpc) is 2.74. The molecule has 1 fully saturated rings. The Labute approximate surface area is 163 Å². The minimum absolute atomic E-state index is 0.716. The minimum Gasteiger partial charge on any atom is -0.378 e. The predicted octanol–water partition coefficient (Wildman–Crippen LogP) is 4.40. The minimum atomic E-state index is 0.716. The second-order valence-corrected chi connectivity index (χ2v) is 7.40. The summed E-state index contributed by atoms with van der Waals surface area (Å²) in [4.78, 5) is 12.2. The van der Waals surface area contributed by atoms with Crippen LogP contribution in [0.5, 0.6) is 0 Å². The molecule has 2 heterocycles.